The van der Waals surface area contributed by atoms with Crippen LogP contribution in [0.3, 0.4) is 0 Å². The van der Waals surface area contributed by atoms with Crippen molar-refractivity contribution in [1.29, 1.82) is 0 Å². The normalized spacial score (nSPS) is 13.5. The number of amides is 1. The van der Waals surface area contributed by atoms with Gasteiger partial charge >= 0.3 is 5.97 Å². The van der Waals surface area contributed by atoms with Gasteiger partial charge in [0.25, 0.3) is 5.91 Å². The Balaban J connectivity index is 1.34. The number of nitrogens with zero attached hydrogens (tertiary/aromatic N) is 4. The molecule has 0 spiro atoms. The highest BCUT2D eigenvalue weighted by Gasteiger charge is 2.28. The number of anilines is 1. The van der Waals surface area contributed by atoms with Crippen LogP contribution in [-0.2, 0) is 21.7 Å². The molecule has 0 aliphatic carbocycles. The van der Waals surface area contributed by atoms with E-state index in [1.54, 1.807) is 26.0 Å². The van der Waals surface area contributed by atoms with Gasteiger partial charge in [0.1, 0.15) is 5.82 Å². The maximum Gasteiger partial charge on any atom is 0.309 e. The van der Waals surface area contributed by atoms with Crippen molar-refractivity contribution in [2.45, 2.75) is 44.0 Å². The summed E-state index contributed by atoms with van der Waals surface area (Å²) in [6.07, 6.45) is 2.09. The molecule has 1 aliphatic heterocycles. The van der Waals surface area contributed by atoms with E-state index in [2.05, 4.69) is 9.88 Å². The summed E-state index contributed by atoms with van der Waals surface area (Å²) in [5.74, 6) is 2.65. The van der Waals surface area contributed by atoms with Crippen molar-refractivity contribution in [3.05, 3.63) is 70.9 Å². The molecule has 4 rings (SSSR count). The lowest BCUT2D eigenvalue weighted by Gasteiger charge is -2.31. The largest absolute Gasteiger partial charge is 0.493 e. The molecule has 224 valence electrons. The Morgan fingerprint density at radius 3 is 2.48 bits per heavy atom. The number of methoxy groups -OCH3 is 2. The van der Waals surface area contributed by atoms with Gasteiger partial charge in [0, 0.05) is 49.8 Å². The summed E-state index contributed by atoms with van der Waals surface area (Å²) in [6.45, 7) is 6.06. The molecule has 42 heavy (non-hydrogen) atoms. The number of aromatic nitrogens is 2. The fraction of sp³-hybridized carbons (Fsp3) is 0.438. The molecule has 1 saturated heterocycles. The van der Waals surface area contributed by atoms with Crippen molar-refractivity contribution < 1.29 is 23.8 Å². The monoisotopic (exact) mass is 592 g/mol. The molecule has 1 aromatic heterocycles. The molecular formula is C32H40N4O5S. The van der Waals surface area contributed by atoms with Crippen molar-refractivity contribution in [1.82, 2.24) is 14.9 Å². The van der Waals surface area contributed by atoms with Crippen LogP contribution in [0.25, 0.3) is 0 Å². The number of piperidine rings is 1. The Kier molecular flexibility index (Phi) is 11.1. The summed E-state index contributed by atoms with van der Waals surface area (Å²) in [7, 11) is 5.30. The molecule has 1 amide bonds. The van der Waals surface area contributed by atoms with Crippen LogP contribution in [0.5, 0.6) is 11.5 Å². The first-order valence-corrected chi connectivity index (χ1v) is 15.2. The Hall–Kier alpha value is -3.79. The summed E-state index contributed by atoms with van der Waals surface area (Å²) in [5.41, 5.74) is 3.73. The average molecular weight is 593 g/mol. The molecule has 9 nitrogen and oxygen atoms in total. The fourth-order valence-corrected chi connectivity index (χ4v) is 5.78. The van der Waals surface area contributed by atoms with E-state index in [9.17, 15) is 9.59 Å². The highest BCUT2D eigenvalue weighted by atomic mass is 32.2. The number of carbonyl (C=O) groups excluding carboxylic acids is 2. The molecular weight excluding hydrogens is 552 g/mol. The third-order valence-electron chi connectivity index (χ3n) is 7.34. The van der Waals surface area contributed by atoms with E-state index in [0.717, 1.165) is 41.4 Å². The molecule has 2 heterocycles. The van der Waals surface area contributed by atoms with E-state index < -0.39 is 0 Å². The summed E-state index contributed by atoms with van der Waals surface area (Å²) in [6, 6.07) is 15.7. The zero-order valence-corrected chi connectivity index (χ0v) is 25.9. The van der Waals surface area contributed by atoms with Gasteiger partial charge in [-0.2, -0.15) is 0 Å². The first-order chi connectivity index (χ1) is 20.3. The zero-order valence-electron chi connectivity index (χ0n) is 25.1. The topological polar surface area (TPSA) is 94.1 Å². The van der Waals surface area contributed by atoms with Crippen LogP contribution in [-0.4, -0.2) is 74.3 Å². The van der Waals surface area contributed by atoms with Gasteiger partial charge in [0.15, 0.2) is 16.7 Å². The van der Waals surface area contributed by atoms with Crippen LogP contribution in [0.4, 0.5) is 5.82 Å². The molecule has 0 saturated carbocycles. The minimum absolute atomic E-state index is 0.00523. The zero-order chi connectivity index (χ0) is 30.1. The van der Waals surface area contributed by atoms with Gasteiger partial charge in [-0.25, -0.2) is 9.97 Å². The van der Waals surface area contributed by atoms with Crippen molar-refractivity contribution in [3.8, 4) is 11.5 Å². The number of benzene rings is 2. The van der Waals surface area contributed by atoms with Gasteiger partial charge in [-0.15, -0.1) is 0 Å². The Labute approximate surface area is 252 Å². The number of rotatable bonds is 12. The third-order valence-corrected chi connectivity index (χ3v) is 8.26. The van der Waals surface area contributed by atoms with E-state index in [1.807, 2.05) is 74.3 Å². The molecule has 10 heteroatoms. The Morgan fingerprint density at radius 2 is 1.76 bits per heavy atom. The minimum atomic E-state index is -0.158. The van der Waals surface area contributed by atoms with E-state index in [4.69, 9.17) is 19.2 Å². The number of hydrogen-bond acceptors (Lipinski definition) is 9. The second-order valence-corrected chi connectivity index (χ2v) is 11.3. The van der Waals surface area contributed by atoms with Gasteiger partial charge in [0.2, 0.25) is 0 Å². The lowest BCUT2D eigenvalue weighted by Crippen LogP contribution is -2.40. The van der Waals surface area contributed by atoms with Crippen LogP contribution in [0.1, 0.15) is 46.9 Å². The SMILES string of the molecule is CCOC(=O)C1CCN(C(=O)c2cccc(CSc3nc(C)cc(N(C)CCc4ccc(OC)c(OC)c4)n3)c2)CC1. The molecule has 0 radical (unpaired) electrons. The number of esters is 1. The predicted molar refractivity (Wildman–Crippen MR) is 165 cm³/mol. The number of aryl methyl sites for hydroxylation is 1. The van der Waals surface area contributed by atoms with Gasteiger partial charge < -0.3 is 24.0 Å². The van der Waals surface area contributed by atoms with Crippen LogP contribution in [0.15, 0.2) is 53.7 Å². The first-order valence-electron chi connectivity index (χ1n) is 14.3. The maximum absolute atomic E-state index is 13.2. The second kappa shape index (κ2) is 14.9. The van der Waals surface area contributed by atoms with Gasteiger partial charge in [-0.1, -0.05) is 30.0 Å². The van der Waals surface area contributed by atoms with E-state index in [-0.39, 0.29) is 17.8 Å². The quantitative estimate of drug-likeness (QED) is 0.160. The lowest BCUT2D eigenvalue weighted by molar-refractivity contribution is -0.149. The molecule has 0 N–H and O–H groups in total. The lowest BCUT2D eigenvalue weighted by atomic mass is 9.96. The molecule has 0 unspecified atom stereocenters. The highest BCUT2D eigenvalue weighted by Crippen LogP contribution is 2.28. The first kappa shape index (κ1) is 31.2. The van der Waals surface area contributed by atoms with Crippen molar-refractivity contribution >= 4 is 29.5 Å². The number of ether oxygens (including phenoxy) is 3. The second-order valence-electron chi connectivity index (χ2n) is 10.3. The molecule has 1 fully saturated rings. The van der Waals surface area contributed by atoms with E-state index >= 15 is 0 Å². The van der Waals surface area contributed by atoms with Gasteiger partial charge in [-0.3, -0.25) is 9.59 Å². The highest BCUT2D eigenvalue weighted by molar-refractivity contribution is 7.98. The Bertz CT molecular complexity index is 1380. The summed E-state index contributed by atoms with van der Waals surface area (Å²) >= 11 is 1.55. The smallest absolute Gasteiger partial charge is 0.309 e. The predicted octanol–water partition coefficient (Wildman–Crippen LogP) is 5.19. The molecule has 0 atom stereocenters. The Morgan fingerprint density at radius 1 is 1.00 bits per heavy atom. The van der Waals surface area contributed by atoms with Crippen molar-refractivity contribution in [2.75, 3.05) is 52.4 Å². The minimum Gasteiger partial charge on any atom is -0.493 e. The maximum atomic E-state index is 13.2. The molecule has 3 aromatic rings. The number of carbonyl (C=O) groups is 2. The third kappa shape index (κ3) is 8.15. The van der Waals surface area contributed by atoms with Crippen LogP contribution < -0.4 is 14.4 Å². The van der Waals surface area contributed by atoms with Gasteiger partial charge in [0.05, 0.1) is 26.7 Å². The molecule has 2 aromatic carbocycles. The van der Waals surface area contributed by atoms with Crippen LogP contribution in [0.2, 0.25) is 0 Å². The standard InChI is InChI=1S/C32H40N4O5S/c1-6-41-31(38)25-13-16-36(17-14-25)30(37)26-9-7-8-24(19-26)21-42-32-33-22(2)18-29(34-32)35(3)15-12-23-10-11-27(39-4)28(20-23)40-5/h7-11,18-20,25H,6,12-17,21H2,1-5H3. The number of hydrogen-bond donors (Lipinski definition) is 0. The fourth-order valence-electron chi connectivity index (χ4n) is 4.94. The average Bonchev–Trinajstić information content (AvgIpc) is 3.02. The number of likely N-dealkylation sites (N-methyl/N-ethyl adjacent to an activating group) is 1. The summed E-state index contributed by atoms with van der Waals surface area (Å²) in [5, 5.41) is 0.695. The molecule has 0 bridgehead atoms. The van der Waals surface area contributed by atoms with Crippen molar-refractivity contribution in [3.63, 3.8) is 0 Å². The molecule has 1 aliphatic rings. The van der Waals surface area contributed by atoms with E-state index in [0.29, 0.717) is 54.8 Å². The number of thioether (sulfide) groups is 1. The van der Waals surface area contributed by atoms with Crippen LogP contribution in [0, 0.1) is 12.8 Å². The summed E-state index contributed by atoms with van der Waals surface area (Å²) < 4.78 is 15.9. The van der Waals surface area contributed by atoms with Crippen LogP contribution >= 0.6 is 11.8 Å². The van der Waals surface area contributed by atoms with Crippen molar-refractivity contribution in [2.24, 2.45) is 5.92 Å². The van der Waals surface area contributed by atoms with E-state index in [1.165, 1.54) is 0 Å². The number of likely N-dealkylation sites (tertiary alicyclic amines) is 1. The summed E-state index contributed by atoms with van der Waals surface area (Å²) in [4.78, 5) is 38.6. The van der Waals surface area contributed by atoms with Gasteiger partial charge in [-0.05, 0) is 68.5 Å².